The number of carbonyl (C=O) groups is 1. The van der Waals surface area contributed by atoms with Crippen molar-refractivity contribution in [2.75, 3.05) is 0 Å². The first kappa shape index (κ1) is 22.2. The van der Waals surface area contributed by atoms with Crippen LogP contribution in [0.15, 0.2) is 12.2 Å². The molecule has 0 spiro atoms. The monoisotopic (exact) mass is 424 g/mol. The van der Waals surface area contributed by atoms with E-state index in [1.165, 1.54) is 56.9 Å². The Morgan fingerprint density at radius 3 is 2.19 bits per heavy atom. The third-order valence-corrected chi connectivity index (χ3v) is 13.2. The fourth-order valence-corrected chi connectivity index (χ4v) is 11.3. The molecule has 0 amide bonds. The minimum Gasteiger partial charge on any atom is -0.299 e. The van der Waals surface area contributed by atoms with Crippen LogP contribution in [0.4, 0.5) is 0 Å². The molecule has 5 aliphatic rings. The molecule has 31 heavy (non-hydrogen) atoms. The molecule has 0 heterocycles. The fraction of sp³-hybridized carbons (Fsp3) is 0.900. The van der Waals surface area contributed by atoms with Crippen LogP contribution in [0, 0.1) is 56.7 Å². The molecular formula is C30H48O. The molecule has 0 aliphatic heterocycles. The standard InChI is InChI=1S/C30H48O/c1-19(2)20-11-14-27(5)17-18-29(7)21(25(20)27)9-10-23-28(6)15-13-24(31)26(3,4)22(28)12-16-30(23,29)8/h20-23,25H,1,9-18H2,2-8H3/t20-,21+,22-,23+,25+,27?,28-,29+,30+/m0/s1. The molecule has 1 nitrogen and oxygen atoms in total. The van der Waals surface area contributed by atoms with E-state index in [4.69, 9.17) is 0 Å². The summed E-state index contributed by atoms with van der Waals surface area (Å²) < 4.78 is 0. The lowest BCUT2D eigenvalue weighted by atomic mass is 9.32. The Balaban J connectivity index is 1.55. The highest BCUT2D eigenvalue weighted by Crippen LogP contribution is 2.77. The molecule has 0 N–H and O–H groups in total. The molecule has 0 aromatic carbocycles. The average molecular weight is 425 g/mol. The third-order valence-electron chi connectivity index (χ3n) is 13.2. The maximum absolute atomic E-state index is 12.9. The fourth-order valence-electron chi connectivity index (χ4n) is 11.3. The van der Waals surface area contributed by atoms with Gasteiger partial charge in [-0.3, -0.25) is 4.79 Å². The molecule has 0 aromatic rings. The molecule has 174 valence electrons. The lowest BCUT2D eigenvalue weighted by Crippen LogP contribution is -2.66. The van der Waals surface area contributed by atoms with Gasteiger partial charge in [0.25, 0.3) is 0 Å². The maximum Gasteiger partial charge on any atom is 0.138 e. The van der Waals surface area contributed by atoms with Gasteiger partial charge < -0.3 is 0 Å². The van der Waals surface area contributed by atoms with Crippen molar-refractivity contribution in [2.24, 2.45) is 56.7 Å². The zero-order valence-electron chi connectivity index (χ0n) is 21.6. The van der Waals surface area contributed by atoms with E-state index in [2.05, 4.69) is 55.0 Å². The van der Waals surface area contributed by atoms with Gasteiger partial charge in [0.05, 0.1) is 0 Å². The van der Waals surface area contributed by atoms with Crippen LogP contribution in [0.25, 0.3) is 0 Å². The van der Waals surface area contributed by atoms with E-state index in [9.17, 15) is 4.79 Å². The second kappa shape index (κ2) is 6.50. The molecular weight excluding hydrogens is 376 g/mol. The number of fused-ring (bicyclic) bond motifs is 7. The van der Waals surface area contributed by atoms with E-state index >= 15 is 0 Å². The summed E-state index contributed by atoms with van der Waals surface area (Å²) >= 11 is 0. The van der Waals surface area contributed by atoms with Crippen LogP contribution in [0.1, 0.15) is 113 Å². The van der Waals surface area contributed by atoms with Gasteiger partial charge in [-0.2, -0.15) is 0 Å². The molecule has 0 saturated heterocycles. The predicted molar refractivity (Wildman–Crippen MR) is 130 cm³/mol. The van der Waals surface area contributed by atoms with Crippen molar-refractivity contribution in [1.82, 2.24) is 0 Å². The number of hydrogen-bond acceptors (Lipinski definition) is 1. The number of ketones is 1. The Kier molecular flexibility index (Phi) is 4.66. The van der Waals surface area contributed by atoms with E-state index in [1.807, 2.05) is 0 Å². The summed E-state index contributed by atoms with van der Waals surface area (Å²) in [6.45, 7) is 22.0. The summed E-state index contributed by atoms with van der Waals surface area (Å²) in [5.74, 6) is 4.33. The molecule has 0 aromatic heterocycles. The van der Waals surface area contributed by atoms with Crippen LogP contribution in [-0.2, 0) is 4.79 Å². The lowest BCUT2D eigenvalue weighted by Gasteiger charge is -2.72. The van der Waals surface area contributed by atoms with Gasteiger partial charge in [-0.1, -0.05) is 53.7 Å². The molecule has 0 radical (unpaired) electrons. The van der Waals surface area contributed by atoms with Crippen LogP contribution in [0.3, 0.4) is 0 Å². The number of hydrogen-bond donors (Lipinski definition) is 0. The van der Waals surface area contributed by atoms with Crippen LogP contribution in [-0.4, -0.2) is 5.78 Å². The first-order chi connectivity index (χ1) is 14.3. The van der Waals surface area contributed by atoms with Gasteiger partial charge in [-0.05, 0) is 116 Å². The Bertz CT molecular complexity index is 807. The topological polar surface area (TPSA) is 17.1 Å². The second-order valence-corrected chi connectivity index (χ2v) is 14.5. The lowest BCUT2D eigenvalue weighted by molar-refractivity contribution is -0.232. The summed E-state index contributed by atoms with van der Waals surface area (Å²) in [7, 11) is 0. The van der Waals surface area contributed by atoms with Crippen LogP contribution < -0.4 is 0 Å². The largest absolute Gasteiger partial charge is 0.299 e. The van der Waals surface area contributed by atoms with Crippen molar-refractivity contribution >= 4 is 5.78 Å². The summed E-state index contributed by atoms with van der Waals surface area (Å²) in [6.07, 6.45) is 13.0. The van der Waals surface area contributed by atoms with Crippen molar-refractivity contribution in [3.05, 3.63) is 12.2 Å². The highest BCUT2D eigenvalue weighted by Gasteiger charge is 2.70. The number of Topliss-reactive ketones (excluding diaryl/α,β-unsaturated/α-hetero) is 1. The van der Waals surface area contributed by atoms with Crippen molar-refractivity contribution in [3.63, 3.8) is 0 Å². The highest BCUT2D eigenvalue weighted by molar-refractivity contribution is 5.85. The zero-order valence-corrected chi connectivity index (χ0v) is 21.6. The van der Waals surface area contributed by atoms with E-state index in [-0.39, 0.29) is 5.41 Å². The first-order valence-corrected chi connectivity index (χ1v) is 13.5. The Morgan fingerprint density at radius 1 is 0.806 bits per heavy atom. The molecule has 5 fully saturated rings. The van der Waals surface area contributed by atoms with Crippen LogP contribution in [0.2, 0.25) is 0 Å². The number of allylic oxidation sites excluding steroid dienone is 1. The van der Waals surface area contributed by atoms with Crippen molar-refractivity contribution in [3.8, 4) is 0 Å². The van der Waals surface area contributed by atoms with Crippen molar-refractivity contribution in [2.45, 2.75) is 113 Å². The van der Waals surface area contributed by atoms with E-state index in [1.54, 1.807) is 0 Å². The smallest absolute Gasteiger partial charge is 0.138 e. The molecule has 9 atom stereocenters. The average Bonchev–Trinajstić information content (AvgIpc) is 3.04. The molecule has 1 unspecified atom stereocenters. The quantitative estimate of drug-likeness (QED) is 0.387. The van der Waals surface area contributed by atoms with Gasteiger partial charge in [0.1, 0.15) is 5.78 Å². The minimum absolute atomic E-state index is 0.131. The molecule has 5 rings (SSSR count). The molecule has 5 aliphatic carbocycles. The van der Waals surface area contributed by atoms with Crippen molar-refractivity contribution < 1.29 is 4.79 Å². The molecule has 5 saturated carbocycles. The van der Waals surface area contributed by atoms with Crippen LogP contribution >= 0.6 is 0 Å². The summed E-state index contributed by atoms with van der Waals surface area (Å²) in [4.78, 5) is 12.9. The van der Waals surface area contributed by atoms with Gasteiger partial charge in [-0.25, -0.2) is 0 Å². The van der Waals surface area contributed by atoms with E-state index < -0.39 is 0 Å². The second-order valence-electron chi connectivity index (χ2n) is 14.5. The predicted octanol–water partition coefficient (Wildman–Crippen LogP) is 8.23. The van der Waals surface area contributed by atoms with Gasteiger partial charge in [-0.15, -0.1) is 0 Å². The van der Waals surface area contributed by atoms with E-state index in [0.717, 1.165) is 36.5 Å². The van der Waals surface area contributed by atoms with Crippen LogP contribution in [0.5, 0.6) is 0 Å². The van der Waals surface area contributed by atoms with Gasteiger partial charge in [0, 0.05) is 11.8 Å². The zero-order chi connectivity index (χ0) is 22.6. The summed E-state index contributed by atoms with van der Waals surface area (Å²) in [5.41, 5.74) is 3.06. The first-order valence-electron chi connectivity index (χ1n) is 13.5. The normalized spacial score (nSPS) is 55.6. The Morgan fingerprint density at radius 2 is 1.52 bits per heavy atom. The van der Waals surface area contributed by atoms with Gasteiger partial charge in [0.15, 0.2) is 0 Å². The Labute approximate surface area is 192 Å². The molecule has 1 heteroatoms. The third kappa shape index (κ3) is 2.59. The Hall–Kier alpha value is -0.590. The van der Waals surface area contributed by atoms with Crippen molar-refractivity contribution in [1.29, 1.82) is 0 Å². The highest BCUT2D eigenvalue weighted by atomic mass is 16.1. The number of rotatable bonds is 1. The van der Waals surface area contributed by atoms with Gasteiger partial charge in [0.2, 0.25) is 0 Å². The summed E-state index contributed by atoms with van der Waals surface area (Å²) in [6, 6.07) is 0. The number of carbonyl (C=O) groups excluding carboxylic acids is 1. The SMILES string of the molecule is C=C(C)[C@@H]1CCC2(C)CC[C@]3(C)[C@H](CC[C@@H]4[C@@]5(C)CCC(=O)C(C)(C)[C@@H]5CC[C@]43C)[C@@H]12. The minimum atomic E-state index is -0.131. The van der Waals surface area contributed by atoms with Gasteiger partial charge >= 0.3 is 0 Å². The molecule has 0 bridgehead atoms. The van der Waals surface area contributed by atoms with E-state index in [0.29, 0.717) is 33.4 Å². The summed E-state index contributed by atoms with van der Waals surface area (Å²) in [5, 5.41) is 0. The maximum atomic E-state index is 12.9.